The van der Waals surface area contributed by atoms with E-state index in [0.717, 1.165) is 11.4 Å². The van der Waals surface area contributed by atoms with Crippen molar-refractivity contribution in [3.05, 3.63) is 40.3 Å². The van der Waals surface area contributed by atoms with Gasteiger partial charge in [-0.15, -0.1) is 11.3 Å². The van der Waals surface area contributed by atoms with E-state index < -0.39 is 10.0 Å². The first-order chi connectivity index (χ1) is 9.03. The van der Waals surface area contributed by atoms with Crippen LogP contribution in [0.4, 0.5) is 5.69 Å². The van der Waals surface area contributed by atoms with Crippen LogP contribution < -0.4 is 10.0 Å². The maximum Gasteiger partial charge on any atom is 0.240 e. The van der Waals surface area contributed by atoms with Gasteiger partial charge in [-0.1, -0.05) is 0 Å². The molecule has 19 heavy (non-hydrogen) atoms. The van der Waals surface area contributed by atoms with Gasteiger partial charge in [-0.05, 0) is 38.2 Å². The van der Waals surface area contributed by atoms with Crippen LogP contribution in [0.15, 0.2) is 34.7 Å². The van der Waals surface area contributed by atoms with E-state index in [-0.39, 0.29) is 4.90 Å². The molecule has 0 spiro atoms. The van der Waals surface area contributed by atoms with Gasteiger partial charge in [-0.3, -0.25) is 0 Å². The Morgan fingerprint density at radius 3 is 2.47 bits per heavy atom. The highest BCUT2D eigenvalue weighted by Crippen LogP contribution is 2.17. The van der Waals surface area contributed by atoms with Crippen molar-refractivity contribution in [2.24, 2.45) is 0 Å². The summed E-state index contributed by atoms with van der Waals surface area (Å²) in [5.41, 5.74) is 3.71. The molecule has 7 heteroatoms. The van der Waals surface area contributed by atoms with Crippen LogP contribution in [0.1, 0.15) is 10.6 Å². The van der Waals surface area contributed by atoms with Crippen molar-refractivity contribution in [3.8, 4) is 0 Å². The molecule has 0 radical (unpaired) electrons. The smallest absolute Gasteiger partial charge is 0.240 e. The molecule has 0 saturated carbocycles. The monoisotopic (exact) mass is 297 g/mol. The van der Waals surface area contributed by atoms with Crippen LogP contribution in [0.5, 0.6) is 0 Å². The number of sulfonamides is 1. The fourth-order valence-corrected chi connectivity index (χ4v) is 2.99. The average Bonchev–Trinajstić information content (AvgIpc) is 2.82. The zero-order valence-corrected chi connectivity index (χ0v) is 12.3. The number of aromatic nitrogens is 1. The molecule has 1 aromatic heterocycles. The van der Waals surface area contributed by atoms with Gasteiger partial charge >= 0.3 is 0 Å². The highest BCUT2D eigenvalue weighted by Gasteiger charge is 2.10. The molecular formula is C12H15N3O2S2. The Balaban J connectivity index is 2.06. The van der Waals surface area contributed by atoms with E-state index in [1.807, 2.05) is 12.4 Å². The van der Waals surface area contributed by atoms with E-state index in [2.05, 4.69) is 15.0 Å². The van der Waals surface area contributed by atoms with E-state index in [1.165, 1.54) is 11.9 Å². The third kappa shape index (κ3) is 3.31. The van der Waals surface area contributed by atoms with Crippen molar-refractivity contribution in [3.63, 3.8) is 0 Å². The van der Waals surface area contributed by atoms with E-state index in [9.17, 15) is 8.42 Å². The lowest BCUT2D eigenvalue weighted by atomic mass is 10.3. The van der Waals surface area contributed by atoms with E-state index >= 15 is 0 Å². The molecule has 5 nitrogen and oxygen atoms in total. The van der Waals surface area contributed by atoms with Crippen LogP contribution in [-0.4, -0.2) is 20.4 Å². The first kappa shape index (κ1) is 14.0. The quantitative estimate of drug-likeness (QED) is 0.885. The SMILES string of the molecule is CNS(=O)(=O)c1ccc(NCc2scnc2C)cc1. The van der Waals surface area contributed by atoms with E-state index in [1.54, 1.807) is 35.6 Å². The van der Waals surface area contributed by atoms with Crippen LogP contribution in [-0.2, 0) is 16.6 Å². The zero-order chi connectivity index (χ0) is 13.9. The molecule has 2 N–H and O–H groups in total. The molecule has 0 fully saturated rings. The summed E-state index contributed by atoms with van der Waals surface area (Å²) in [4.78, 5) is 5.61. The summed E-state index contributed by atoms with van der Waals surface area (Å²) in [6, 6.07) is 6.66. The summed E-state index contributed by atoms with van der Waals surface area (Å²) >= 11 is 1.60. The number of nitrogens with zero attached hydrogens (tertiary/aromatic N) is 1. The Bertz CT molecular complexity index is 648. The lowest BCUT2D eigenvalue weighted by Gasteiger charge is -2.07. The predicted octanol–water partition coefficient (Wildman–Crippen LogP) is 1.97. The minimum atomic E-state index is -3.37. The Kier molecular flexibility index (Phi) is 4.18. The molecule has 0 bridgehead atoms. The van der Waals surface area contributed by atoms with Gasteiger partial charge < -0.3 is 5.32 Å². The molecule has 0 aliphatic heterocycles. The second-order valence-corrected chi connectivity index (χ2v) is 6.77. The Hall–Kier alpha value is -1.44. The van der Waals surface area contributed by atoms with Crippen molar-refractivity contribution in [2.75, 3.05) is 12.4 Å². The van der Waals surface area contributed by atoms with E-state index in [0.29, 0.717) is 6.54 Å². The molecule has 0 aliphatic carbocycles. The van der Waals surface area contributed by atoms with Gasteiger partial charge in [0.2, 0.25) is 10.0 Å². The number of rotatable bonds is 5. The lowest BCUT2D eigenvalue weighted by molar-refractivity contribution is 0.588. The molecule has 102 valence electrons. The normalized spacial score (nSPS) is 11.5. The fourth-order valence-electron chi connectivity index (χ4n) is 1.55. The molecule has 2 rings (SSSR count). The van der Waals surface area contributed by atoms with Crippen molar-refractivity contribution in [2.45, 2.75) is 18.4 Å². The summed E-state index contributed by atoms with van der Waals surface area (Å²) in [6.07, 6.45) is 0. The summed E-state index contributed by atoms with van der Waals surface area (Å²) in [5, 5.41) is 3.24. The Morgan fingerprint density at radius 2 is 1.95 bits per heavy atom. The number of aryl methyl sites for hydroxylation is 1. The lowest BCUT2D eigenvalue weighted by Crippen LogP contribution is -2.18. The first-order valence-electron chi connectivity index (χ1n) is 5.69. The van der Waals surface area contributed by atoms with Crippen LogP contribution >= 0.6 is 11.3 Å². The first-order valence-corrected chi connectivity index (χ1v) is 8.05. The minimum absolute atomic E-state index is 0.259. The number of benzene rings is 1. The number of hydrogen-bond donors (Lipinski definition) is 2. The largest absolute Gasteiger partial charge is 0.380 e. The Morgan fingerprint density at radius 1 is 1.26 bits per heavy atom. The third-order valence-corrected chi connectivity index (χ3v) is 5.10. The molecule has 0 atom stereocenters. The average molecular weight is 297 g/mol. The number of hydrogen-bond acceptors (Lipinski definition) is 5. The van der Waals surface area contributed by atoms with Crippen molar-refractivity contribution in [1.82, 2.24) is 9.71 Å². The van der Waals surface area contributed by atoms with Gasteiger partial charge in [-0.25, -0.2) is 18.1 Å². The van der Waals surface area contributed by atoms with Crippen LogP contribution in [0.2, 0.25) is 0 Å². The third-order valence-electron chi connectivity index (χ3n) is 2.73. The van der Waals surface area contributed by atoms with Gasteiger partial charge in [0.05, 0.1) is 22.6 Å². The predicted molar refractivity (Wildman–Crippen MR) is 76.9 cm³/mol. The van der Waals surface area contributed by atoms with Gasteiger partial charge in [0, 0.05) is 10.6 Å². The molecule has 1 heterocycles. The van der Waals surface area contributed by atoms with Crippen molar-refractivity contribution >= 4 is 27.0 Å². The summed E-state index contributed by atoms with van der Waals surface area (Å²) in [6.45, 7) is 2.66. The standard InChI is InChI=1S/C12H15N3O2S2/c1-9-12(18-8-15-9)7-14-10-3-5-11(6-4-10)19(16,17)13-2/h3-6,8,13-14H,7H2,1-2H3. The van der Waals surface area contributed by atoms with Crippen LogP contribution in [0.3, 0.4) is 0 Å². The molecule has 0 aliphatic rings. The van der Waals surface area contributed by atoms with Gasteiger partial charge in [0.1, 0.15) is 0 Å². The minimum Gasteiger partial charge on any atom is -0.380 e. The molecule has 1 aromatic carbocycles. The van der Waals surface area contributed by atoms with Gasteiger partial charge in [0.15, 0.2) is 0 Å². The van der Waals surface area contributed by atoms with Crippen LogP contribution in [0.25, 0.3) is 0 Å². The highest BCUT2D eigenvalue weighted by molar-refractivity contribution is 7.89. The van der Waals surface area contributed by atoms with E-state index in [4.69, 9.17) is 0 Å². The molecular weight excluding hydrogens is 282 g/mol. The Labute approximate surface area is 116 Å². The van der Waals surface area contributed by atoms with Gasteiger partial charge in [0.25, 0.3) is 0 Å². The number of thiazole rings is 1. The summed E-state index contributed by atoms with van der Waals surface area (Å²) in [5.74, 6) is 0. The zero-order valence-electron chi connectivity index (χ0n) is 10.7. The molecule has 2 aromatic rings. The fraction of sp³-hybridized carbons (Fsp3) is 0.250. The number of nitrogens with one attached hydrogen (secondary N) is 2. The van der Waals surface area contributed by atoms with Crippen molar-refractivity contribution in [1.29, 1.82) is 0 Å². The molecule has 0 unspecified atom stereocenters. The van der Waals surface area contributed by atoms with Gasteiger partial charge in [-0.2, -0.15) is 0 Å². The topological polar surface area (TPSA) is 71.1 Å². The maximum atomic E-state index is 11.6. The highest BCUT2D eigenvalue weighted by atomic mass is 32.2. The second kappa shape index (κ2) is 5.68. The second-order valence-electron chi connectivity index (χ2n) is 3.95. The van der Waals surface area contributed by atoms with Crippen LogP contribution in [0, 0.1) is 6.92 Å². The maximum absolute atomic E-state index is 11.6. The summed E-state index contributed by atoms with van der Waals surface area (Å²) in [7, 11) is -1.97. The molecule has 0 amide bonds. The summed E-state index contributed by atoms with van der Waals surface area (Å²) < 4.78 is 25.4. The number of anilines is 1. The van der Waals surface area contributed by atoms with Crippen molar-refractivity contribution < 1.29 is 8.42 Å². The molecule has 0 saturated heterocycles.